The van der Waals surface area contributed by atoms with Crippen LogP contribution in [0.25, 0.3) is 5.65 Å². The fourth-order valence-electron chi connectivity index (χ4n) is 2.24. The van der Waals surface area contributed by atoms with E-state index in [9.17, 15) is 0 Å². The molecule has 10 nitrogen and oxygen atoms in total. The number of nitrogens with two attached hydrogens (primary N) is 2. The van der Waals surface area contributed by atoms with Crippen LogP contribution in [0.1, 0.15) is 5.56 Å². The predicted octanol–water partition coefficient (Wildman–Crippen LogP) is 1.91. The van der Waals surface area contributed by atoms with Gasteiger partial charge >= 0.3 is 0 Å². The molecule has 0 radical (unpaired) electrons. The summed E-state index contributed by atoms with van der Waals surface area (Å²) in [6.45, 7) is 0.182. The zero-order chi connectivity index (χ0) is 16.7. The monoisotopic (exact) mass is 322 g/mol. The zero-order valence-electron chi connectivity index (χ0n) is 12.2. The Morgan fingerprint density at radius 2 is 2.04 bits per heavy atom. The van der Waals surface area contributed by atoms with Gasteiger partial charge in [-0.05, 0) is 12.1 Å². The Kier molecular flexibility index (Phi) is 2.92. The molecule has 0 spiro atoms. The highest BCUT2D eigenvalue weighted by atomic mass is 16.7. The lowest BCUT2D eigenvalue weighted by atomic mass is 10.3. The Morgan fingerprint density at radius 3 is 2.88 bits per heavy atom. The number of nitrogen functional groups attached to an aromatic ring is 2. The summed E-state index contributed by atoms with van der Waals surface area (Å²) in [4.78, 5) is 4.12. The third kappa shape index (κ3) is 2.03. The smallest absolute Gasteiger partial charge is 0.231 e. The van der Waals surface area contributed by atoms with E-state index in [0.29, 0.717) is 22.8 Å². The fraction of sp³-hybridized carbons (Fsp3) is 0.0714. The fourth-order valence-corrected chi connectivity index (χ4v) is 2.24. The largest absolute Gasteiger partial charge is 0.454 e. The second-order valence-electron chi connectivity index (χ2n) is 4.88. The van der Waals surface area contributed by atoms with Crippen molar-refractivity contribution in [1.82, 2.24) is 14.6 Å². The molecule has 4 N–H and O–H groups in total. The van der Waals surface area contributed by atoms with Crippen molar-refractivity contribution >= 4 is 28.7 Å². The highest BCUT2D eigenvalue weighted by Crippen LogP contribution is 2.36. The van der Waals surface area contributed by atoms with Crippen LogP contribution in [0, 0.1) is 11.3 Å². The molecule has 0 aliphatic carbocycles. The van der Waals surface area contributed by atoms with Gasteiger partial charge in [-0.2, -0.15) is 14.9 Å². The van der Waals surface area contributed by atoms with Gasteiger partial charge in [0.15, 0.2) is 28.7 Å². The normalized spacial score (nSPS) is 12.8. The van der Waals surface area contributed by atoms with Crippen LogP contribution in [-0.2, 0) is 0 Å². The van der Waals surface area contributed by atoms with Gasteiger partial charge < -0.3 is 20.9 Å². The first-order valence-electron chi connectivity index (χ1n) is 6.81. The molecule has 1 aliphatic heterocycles. The summed E-state index contributed by atoms with van der Waals surface area (Å²) in [6.07, 6.45) is 1.34. The number of aromatic nitrogens is 3. The number of rotatable bonds is 2. The average Bonchev–Trinajstić information content (AvgIpc) is 3.17. The Labute approximate surface area is 134 Å². The zero-order valence-corrected chi connectivity index (χ0v) is 12.2. The second-order valence-corrected chi connectivity index (χ2v) is 4.88. The number of ether oxygens (including phenoxy) is 2. The van der Waals surface area contributed by atoms with E-state index in [1.165, 1.54) is 10.7 Å². The molecule has 0 bridgehead atoms. The third-order valence-electron chi connectivity index (χ3n) is 3.42. The van der Waals surface area contributed by atoms with Crippen LogP contribution in [0.2, 0.25) is 0 Å². The maximum Gasteiger partial charge on any atom is 0.231 e. The first-order chi connectivity index (χ1) is 11.7. The minimum atomic E-state index is 0.105. The molecule has 2 aromatic heterocycles. The van der Waals surface area contributed by atoms with Crippen LogP contribution in [0.15, 0.2) is 34.6 Å². The van der Waals surface area contributed by atoms with E-state index < -0.39 is 0 Å². The molecule has 118 valence electrons. The van der Waals surface area contributed by atoms with E-state index in [1.807, 2.05) is 6.07 Å². The number of azo groups is 1. The Hall–Kier alpha value is -3.87. The van der Waals surface area contributed by atoms with Gasteiger partial charge in [-0.25, -0.2) is 4.98 Å². The summed E-state index contributed by atoms with van der Waals surface area (Å²) in [5.41, 5.74) is 13.1. The van der Waals surface area contributed by atoms with E-state index in [0.717, 1.165) is 0 Å². The van der Waals surface area contributed by atoms with Gasteiger partial charge in [0.05, 0.1) is 11.9 Å². The number of anilines is 2. The quantitative estimate of drug-likeness (QED) is 0.684. The number of hydrogen-bond acceptors (Lipinski definition) is 9. The summed E-state index contributed by atoms with van der Waals surface area (Å²) >= 11 is 0. The van der Waals surface area contributed by atoms with Crippen molar-refractivity contribution in [3.8, 4) is 17.6 Å². The van der Waals surface area contributed by atoms with Crippen molar-refractivity contribution in [2.45, 2.75) is 0 Å². The molecule has 24 heavy (non-hydrogen) atoms. The lowest BCUT2D eigenvalue weighted by Crippen LogP contribution is -2.03. The molecule has 0 amide bonds. The van der Waals surface area contributed by atoms with E-state index in [2.05, 4.69) is 20.3 Å². The van der Waals surface area contributed by atoms with Gasteiger partial charge in [-0.1, -0.05) is 0 Å². The summed E-state index contributed by atoms with van der Waals surface area (Å²) < 4.78 is 11.8. The molecule has 4 rings (SSSR count). The molecule has 0 fully saturated rings. The number of benzene rings is 1. The van der Waals surface area contributed by atoms with E-state index in [-0.39, 0.29) is 29.7 Å². The minimum Gasteiger partial charge on any atom is -0.454 e. The van der Waals surface area contributed by atoms with Gasteiger partial charge in [0, 0.05) is 6.07 Å². The molecule has 1 aliphatic rings. The number of nitrogens with zero attached hydrogens (tertiary/aromatic N) is 6. The van der Waals surface area contributed by atoms with Crippen molar-refractivity contribution in [2.24, 2.45) is 10.2 Å². The number of fused-ring (bicyclic) bond motifs is 2. The molecule has 0 saturated carbocycles. The number of nitriles is 1. The van der Waals surface area contributed by atoms with Crippen LogP contribution in [0.3, 0.4) is 0 Å². The standard InChI is InChI=1S/C14H10N8O2/c15-4-7-5-18-14-11(12(16)21-22(14)13(7)17)20-19-8-1-2-9-10(3-8)24-6-23-9/h1-3,5H,6,17H2,(H2,16,21). The second kappa shape index (κ2) is 5.10. The Morgan fingerprint density at radius 1 is 1.21 bits per heavy atom. The highest BCUT2D eigenvalue weighted by molar-refractivity contribution is 5.77. The van der Waals surface area contributed by atoms with E-state index in [4.69, 9.17) is 26.2 Å². The predicted molar refractivity (Wildman–Crippen MR) is 83.3 cm³/mol. The van der Waals surface area contributed by atoms with Gasteiger partial charge in [-0.3, -0.25) is 0 Å². The van der Waals surface area contributed by atoms with Gasteiger partial charge in [0.25, 0.3) is 0 Å². The summed E-state index contributed by atoms with van der Waals surface area (Å²) in [5.74, 6) is 1.50. The molecule has 3 aromatic rings. The molecular weight excluding hydrogens is 312 g/mol. The van der Waals surface area contributed by atoms with Crippen molar-refractivity contribution < 1.29 is 9.47 Å². The maximum absolute atomic E-state index is 8.98. The third-order valence-corrected chi connectivity index (χ3v) is 3.42. The lowest BCUT2D eigenvalue weighted by Gasteiger charge is -1.99. The average molecular weight is 322 g/mol. The van der Waals surface area contributed by atoms with Crippen LogP contribution in [-0.4, -0.2) is 21.4 Å². The van der Waals surface area contributed by atoms with Crippen LogP contribution >= 0.6 is 0 Å². The molecule has 10 heteroatoms. The number of hydrogen-bond donors (Lipinski definition) is 2. The van der Waals surface area contributed by atoms with E-state index >= 15 is 0 Å². The minimum absolute atomic E-state index is 0.105. The maximum atomic E-state index is 8.98. The van der Waals surface area contributed by atoms with Crippen molar-refractivity contribution in [3.63, 3.8) is 0 Å². The molecule has 0 saturated heterocycles. The van der Waals surface area contributed by atoms with Gasteiger partial charge in [0.2, 0.25) is 6.79 Å². The Bertz CT molecular complexity index is 1030. The topological polar surface area (TPSA) is 149 Å². The van der Waals surface area contributed by atoms with Gasteiger partial charge in [-0.15, -0.1) is 10.2 Å². The van der Waals surface area contributed by atoms with Crippen LogP contribution < -0.4 is 20.9 Å². The molecule has 1 aromatic carbocycles. The Balaban J connectivity index is 1.76. The van der Waals surface area contributed by atoms with E-state index in [1.54, 1.807) is 18.2 Å². The summed E-state index contributed by atoms with van der Waals surface area (Å²) in [7, 11) is 0. The molecule has 0 atom stereocenters. The van der Waals surface area contributed by atoms with Crippen LogP contribution in [0.4, 0.5) is 23.0 Å². The SMILES string of the molecule is N#Cc1cnc2c(N=Nc3ccc4c(c3)OCO4)c(N)nn2c1N. The van der Waals surface area contributed by atoms with Crippen molar-refractivity contribution in [2.75, 3.05) is 18.3 Å². The first-order valence-corrected chi connectivity index (χ1v) is 6.81. The molecular formula is C14H10N8O2. The first kappa shape index (κ1) is 13.8. The van der Waals surface area contributed by atoms with Crippen LogP contribution in [0.5, 0.6) is 11.5 Å². The summed E-state index contributed by atoms with van der Waals surface area (Å²) in [5, 5.41) is 21.3. The molecule has 0 unspecified atom stereocenters. The van der Waals surface area contributed by atoms with Gasteiger partial charge in [0.1, 0.15) is 17.5 Å². The highest BCUT2D eigenvalue weighted by Gasteiger charge is 2.16. The summed E-state index contributed by atoms with van der Waals surface area (Å²) in [6, 6.07) is 7.10. The van der Waals surface area contributed by atoms with Crippen molar-refractivity contribution in [3.05, 3.63) is 30.0 Å². The van der Waals surface area contributed by atoms with Crippen molar-refractivity contribution in [1.29, 1.82) is 5.26 Å². The molecule has 3 heterocycles. The lowest BCUT2D eigenvalue weighted by molar-refractivity contribution is 0.174.